The zero-order chi connectivity index (χ0) is 23.4. The zero-order valence-corrected chi connectivity index (χ0v) is 21.1. The molecule has 2 unspecified atom stereocenters. The first kappa shape index (κ1) is 24.6. The lowest BCUT2D eigenvalue weighted by Crippen LogP contribution is -2.50. The van der Waals surface area contributed by atoms with Gasteiger partial charge in [-0.15, -0.1) is 11.3 Å². The van der Waals surface area contributed by atoms with Crippen LogP contribution in [-0.2, 0) is 16.0 Å². The van der Waals surface area contributed by atoms with Crippen LogP contribution in [0.3, 0.4) is 0 Å². The third-order valence-electron chi connectivity index (χ3n) is 6.16. The van der Waals surface area contributed by atoms with Crippen LogP contribution in [-0.4, -0.2) is 47.4 Å². The summed E-state index contributed by atoms with van der Waals surface area (Å²) in [6, 6.07) is 7.52. The number of benzene rings is 1. The van der Waals surface area contributed by atoms with Gasteiger partial charge in [-0.25, -0.2) is 0 Å². The number of aryl methyl sites for hydroxylation is 1. The number of hydrogen-bond acceptors (Lipinski definition) is 4. The Bertz CT molecular complexity index is 958. The Morgan fingerprint density at radius 3 is 2.69 bits per heavy atom. The third kappa shape index (κ3) is 5.46. The number of amides is 2. The fourth-order valence-corrected chi connectivity index (χ4v) is 5.04. The molecule has 7 heteroatoms. The van der Waals surface area contributed by atoms with Crippen LogP contribution in [0.5, 0.6) is 5.75 Å². The van der Waals surface area contributed by atoms with E-state index >= 15 is 0 Å². The van der Waals surface area contributed by atoms with Gasteiger partial charge in [-0.2, -0.15) is 0 Å². The van der Waals surface area contributed by atoms with E-state index in [1.807, 2.05) is 57.7 Å². The summed E-state index contributed by atoms with van der Waals surface area (Å²) in [6.07, 6.45) is 1.64. The van der Waals surface area contributed by atoms with Crippen LogP contribution < -0.4 is 4.74 Å². The Balaban J connectivity index is 1.80. The minimum atomic E-state index is -0.179. The van der Waals surface area contributed by atoms with Gasteiger partial charge >= 0.3 is 0 Å². The summed E-state index contributed by atoms with van der Waals surface area (Å²) in [6.45, 7) is 10.8. The number of ether oxygens (including phenoxy) is 1. The largest absolute Gasteiger partial charge is 0.491 e. The van der Waals surface area contributed by atoms with Crippen molar-refractivity contribution in [3.05, 3.63) is 50.7 Å². The minimum absolute atomic E-state index is 0.0158. The highest BCUT2D eigenvalue weighted by molar-refractivity contribution is 7.10. The smallest absolute Gasteiger partial charge is 0.242 e. The summed E-state index contributed by atoms with van der Waals surface area (Å²) in [5.41, 5.74) is 2.10. The highest BCUT2D eigenvalue weighted by Gasteiger charge is 2.34. The molecular formula is C25H33ClN2O3S. The standard InChI is InChI=1S/C25H33ClN2O3S/c1-6-18(5)28(25(30)16(2)3)14-24(29)27-11-9-23-20(10-12-32-23)22(27)15-31-19-7-8-21(26)17(4)13-19/h7-8,10,12-13,16,18,22H,6,9,11,14-15H2,1-5H3. The van der Waals surface area contributed by atoms with Crippen LogP contribution in [0.2, 0.25) is 5.02 Å². The van der Waals surface area contributed by atoms with Gasteiger partial charge < -0.3 is 14.5 Å². The quantitative estimate of drug-likeness (QED) is 0.505. The van der Waals surface area contributed by atoms with Crippen LogP contribution in [0.25, 0.3) is 0 Å². The molecule has 0 radical (unpaired) electrons. The molecule has 0 bridgehead atoms. The highest BCUT2D eigenvalue weighted by Crippen LogP contribution is 2.34. The van der Waals surface area contributed by atoms with Crippen LogP contribution in [0.1, 0.15) is 56.2 Å². The van der Waals surface area contributed by atoms with E-state index < -0.39 is 0 Å². The van der Waals surface area contributed by atoms with Crippen molar-refractivity contribution in [2.45, 2.75) is 59.5 Å². The summed E-state index contributed by atoms with van der Waals surface area (Å²) < 4.78 is 6.12. The average Bonchev–Trinajstić information content (AvgIpc) is 3.25. The van der Waals surface area contributed by atoms with Gasteiger partial charge in [0.1, 0.15) is 18.9 Å². The summed E-state index contributed by atoms with van der Waals surface area (Å²) in [4.78, 5) is 31.2. The van der Waals surface area contributed by atoms with Gasteiger partial charge in [0, 0.05) is 28.4 Å². The Hall–Kier alpha value is -2.05. The van der Waals surface area contributed by atoms with E-state index in [9.17, 15) is 9.59 Å². The van der Waals surface area contributed by atoms with Crippen molar-refractivity contribution < 1.29 is 14.3 Å². The van der Waals surface area contributed by atoms with E-state index in [1.165, 1.54) is 4.88 Å². The summed E-state index contributed by atoms with van der Waals surface area (Å²) >= 11 is 7.87. The number of nitrogens with zero attached hydrogens (tertiary/aromatic N) is 2. The van der Waals surface area contributed by atoms with Crippen LogP contribution >= 0.6 is 22.9 Å². The van der Waals surface area contributed by atoms with Crippen molar-refractivity contribution in [1.29, 1.82) is 0 Å². The molecule has 0 fully saturated rings. The minimum Gasteiger partial charge on any atom is -0.491 e. The molecule has 32 heavy (non-hydrogen) atoms. The van der Waals surface area contributed by atoms with Crippen molar-refractivity contribution in [2.75, 3.05) is 19.7 Å². The number of carbonyl (C=O) groups is 2. The molecule has 5 nitrogen and oxygen atoms in total. The molecule has 0 spiro atoms. The molecule has 1 aliphatic rings. The van der Waals surface area contributed by atoms with Crippen molar-refractivity contribution in [3.63, 3.8) is 0 Å². The first-order chi connectivity index (χ1) is 15.2. The molecule has 2 heterocycles. The lowest BCUT2D eigenvalue weighted by atomic mass is 10.00. The van der Waals surface area contributed by atoms with E-state index in [0.717, 1.165) is 29.7 Å². The van der Waals surface area contributed by atoms with Crippen molar-refractivity contribution >= 4 is 34.8 Å². The summed E-state index contributed by atoms with van der Waals surface area (Å²) in [7, 11) is 0. The number of hydrogen-bond donors (Lipinski definition) is 0. The van der Waals surface area contributed by atoms with Gasteiger partial charge in [-0.3, -0.25) is 9.59 Å². The number of fused-ring (bicyclic) bond motifs is 1. The highest BCUT2D eigenvalue weighted by atomic mass is 35.5. The van der Waals surface area contributed by atoms with Crippen LogP contribution in [0.15, 0.2) is 29.6 Å². The maximum Gasteiger partial charge on any atom is 0.242 e. The van der Waals surface area contributed by atoms with Crippen LogP contribution in [0.4, 0.5) is 0 Å². The third-order valence-corrected chi connectivity index (χ3v) is 7.58. The van der Waals surface area contributed by atoms with E-state index in [1.54, 1.807) is 16.2 Å². The summed E-state index contributed by atoms with van der Waals surface area (Å²) in [5, 5.41) is 2.78. The number of halogens is 1. The van der Waals surface area contributed by atoms with E-state index in [0.29, 0.717) is 18.2 Å². The van der Waals surface area contributed by atoms with Gasteiger partial charge in [0.15, 0.2) is 0 Å². The molecule has 174 valence electrons. The summed E-state index contributed by atoms with van der Waals surface area (Å²) in [5.74, 6) is 0.578. The SMILES string of the molecule is CCC(C)N(CC(=O)N1CCc2sccc2C1COc1ccc(Cl)c(C)c1)C(=O)C(C)C. The normalized spacial score (nSPS) is 16.6. The lowest BCUT2D eigenvalue weighted by molar-refractivity contribution is -0.146. The second kappa shape index (κ2) is 10.7. The lowest BCUT2D eigenvalue weighted by Gasteiger charge is -2.38. The van der Waals surface area contributed by atoms with Gasteiger partial charge in [-0.1, -0.05) is 32.4 Å². The molecule has 1 aromatic carbocycles. The maximum absolute atomic E-state index is 13.5. The van der Waals surface area contributed by atoms with E-state index in [4.69, 9.17) is 16.3 Å². The zero-order valence-electron chi connectivity index (χ0n) is 19.6. The molecule has 0 saturated heterocycles. The van der Waals surface area contributed by atoms with Crippen molar-refractivity contribution in [1.82, 2.24) is 9.80 Å². The number of thiophene rings is 1. The predicted octanol–water partition coefficient (Wildman–Crippen LogP) is 5.50. The number of rotatable bonds is 8. The molecule has 0 saturated carbocycles. The topological polar surface area (TPSA) is 49.9 Å². The molecule has 0 N–H and O–H groups in total. The Morgan fingerprint density at radius 2 is 2.03 bits per heavy atom. The second-order valence-corrected chi connectivity index (χ2v) is 10.2. The molecule has 1 aliphatic heterocycles. The molecule has 3 rings (SSSR count). The Labute approximate surface area is 200 Å². The van der Waals surface area contributed by atoms with E-state index in [-0.39, 0.29) is 36.4 Å². The Kier molecular flexibility index (Phi) is 8.23. The fourth-order valence-electron chi connectivity index (χ4n) is 4.00. The molecule has 2 atom stereocenters. The first-order valence-electron chi connectivity index (χ1n) is 11.3. The van der Waals surface area contributed by atoms with Crippen molar-refractivity contribution in [2.24, 2.45) is 5.92 Å². The van der Waals surface area contributed by atoms with Crippen molar-refractivity contribution in [3.8, 4) is 5.75 Å². The Morgan fingerprint density at radius 1 is 1.28 bits per heavy atom. The number of carbonyl (C=O) groups excluding carboxylic acids is 2. The first-order valence-corrected chi connectivity index (χ1v) is 12.5. The molecule has 0 aliphatic carbocycles. The average molecular weight is 477 g/mol. The van der Waals surface area contributed by atoms with Crippen LogP contribution in [0, 0.1) is 12.8 Å². The van der Waals surface area contributed by atoms with Gasteiger partial charge in [0.05, 0.1) is 6.04 Å². The van der Waals surface area contributed by atoms with Gasteiger partial charge in [0.2, 0.25) is 11.8 Å². The molecule has 2 aromatic rings. The molecule has 1 aromatic heterocycles. The second-order valence-electron chi connectivity index (χ2n) is 8.75. The fraction of sp³-hybridized carbons (Fsp3) is 0.520. The van der Waals surface area contributed by atoms with Gasteiger partial charge in [0.25, 0.3) is 0 Å². The monoisotopic (exact) mass is 476 g/mol. The maximum atomic E-state index is 13.5. The predicted molar refractivity (Wildman–Crippen MR) is 130 cm³/mol. The van der Waals surface area contributed by atoms with Gasteiger partial charge in [-0.05, 0) is 67.5 Å². The molecular weight excluding hydrogens is 444 g/mol. The van der Waals surface area contributed by atoms with E-state index in [2.05, 4.69) is 11.4 Å². The molecule has 2 amide bonds.